The predicted molar refractivity (Wildman–Crippen MR) is 113 cm³/mol. The van der Waals surface area contributed by atoms with Crippen molar-refractivity contribution in [2.75, 3.05) is 0 Å². The van der Waals surface area contributed by atoms with E-state index in [-0.39, 0.29) is 0 Å². The minimum atomic E-state index is -0.540. The first-order valence-corrected chi connectivity index (χ1v) is 10.5. The summed E-state index contributed by atoms with van der Waals surface area (Å²) >= 11 is 0. The van der Waals surface area contributed by atoms with Crippen molar-refractivity contribution in [2.45, 2.75) is 39.5 Å². The number of benzene rings is 3. The monoisotopic (exact) mass is 346 g/mol. The van der Waals surface area contributed by atoms with Gasteiger partial charge >= 0.3 is 0 Å². The lowest BCUT2D eigenvalue weighted by Gasteiger charge is -2.27. The highest BCUT2D eigenvalue weighted by Crippen LogP contribution is 2.38. The van der Waals surface area contributed by atoms with Gasteiger partial charge in [0.05, 0.1) is 0 Å². The van der Waals surface area contributed by atoms with Gasteiger partial charge in [0.15, 0.2) is 0 Å². The molecular weight excluding hydrogens is 319 g/mol. The van der Waals surface area contributed by atoms with Crippen molar-refractivity contribution >= 4 is 23.8 Å². The van der Waals surface area contributed by atoms with Crippen molar-refractivity contribution in [3.8, 4) is 0 Å². The molecule has 0 bridgehead atoms. The van der Waals surface area contributed by atoms with Crippen molar-refractivity contribution < 1.29 is 0 Å². The van der Waals surface area contributed by atoms with E-state index in [0.29, 0.717) is 11.8 Å². The van der Waals surface area contributed by atoms with Gasteiger partial charge in [-0.1, -0.05) is 107 Å². The fourth-order valence-corrected chi connectivity index (χ4v) is 6.14. The molecule has 0 atom stereocenters. The van der Waals surface area contributed by atoms with Crippen LogP contribution in [-0.2, 0) is 0 Å². The van der Waals surface area contributed by atoms with Gasteiger partial charge in [0.2, 0.25) is 0 Å². The molecule has 0 fully saturated rings. The second-order valence-corrected chi connectivity index (χ2v) is 9.28. The summed E-state index contributed by atoms with van der Waals surface area (Å²) in [6, 6.07) is 28.9. The normalized spacial score (nSPS) is 11.5. The van der Waals surface area contributed by atoms with Gasteiger partial charge in [0.25, 0.3) is 0 Å². The maximum atomic E-state index is 2.35. The van der Waals surface area contributed by atoms with E-state index in [1.54, 1.807) is 0 Å². The molecule has 3 rings (SSSR count). The summed E-state index contributed by atoms with van der Waals surface area (Å²) in [5.74, 6) is 1.06. The Morgan fingerprint density at radius 2 is 1.08 bits per heavy atom. The molecule has 0 heterocycles. The fourth-order valence-electron chi connectivity index (χ4n) is 3.48. The van der Waals surface area contributed by atoms with Crippen LogP contribution in [0.15, 0.2) is 78.9 Å². The lowest BCUT2D eigenvalue weighted by Crippen LogP contribution is -2.25. The van der Waals surface area contributed by atoms with Crippen LogP contribution >= 0.6 is 7.92 Å². The molecule has 0 aliphatic rings. The molecule has 3 aromatic carbocycles. The number of rotatable bonds is 5. The smallest absolute Gasteiger partial charge is 0.0114 e. The zero-order valence-electron chi connectivity index (χ0n) is 15.6. The molecule has 25 heavy (non-hydrogen) atoms. The summed E-state index contributed by atoms with van der Waals surface area (Å²) in [5, 5.41) is 4.35. The Morgan fingerprint density at radius 1 is 0.560 bits per heavy atom. The second kappa shape index (κ2) is 7.98. The highest BCUT2D eigenvalue weighted by atomic mass is 31.1. The molecule has 0 radical (unpaired) electrons. The summed E-state index contributed by atoms with van der Waals surface area (Å²) in [7, 11) is -0.540. The van der Waals surface area contributed by atoms with Gasteiger partial charge in [0, 0.05) is 0 Å². The molecular formula is C24H27P. The largest absolute Gasteiger partial charge is 0.0622 e. The van der Waals surface area contributed by atoms with Crippen LogP contribution in [0.5, 0.6) is 0 Å². The van der Waals surface area contributed by atoms with E-state index in [4.69, 9.17) is 0 Å². The van der Waals surface area contributed by atoms with Gasteiger partial charge in [-0.25, -0.2) is 0 Å². The standard InChI is InChI=1S/C24H27P/c1-18(2)22-16-11-17-23(24(22)19(3)4)25(20-12-7-5-8-13-20)21-14-9-6-10-15-21/h5-19H,1-4H3. The fraction of sp³-hybridized carbons (Fsp3) is 0.250. The van der Waals surface area contributed by atoms with E-state index in [1.165, 1.54) is 27.0 Å². The Hall–Kier alpha value is -1.91. The molecule has 0 amide bonds. The van der Waals surface area contributed by atoms with Crippen molar-refractivity contribution in [2.24, 2.45) is 0 Å². The molecule has 0 N–H and O–H groups in total. The summed E-state index contributed by atoms with van der Waals surface area (Å²) < 4.78 is 0. The van der Waals surface area contributed by atoms with Crippen molar-refractivity contribution in [1.29, 1.82) is 0 Å². The molecule has 0 unspecified atom stereocenters. The summed E-state index contributed by atoms with van der Waals surface area (Å²) in [6.07, 6.45) is 0. The number of hydrogen-bond donors (Lipinski definition) is 0. The van der Waals surface area contributed by atoms with E-state index in [9.17, 15) is 0 Å². The first-order chi connectivity index (χ1) is 12.1. The highest BCUT2D eigenvalue weighted by Gasteiger charge is 2.23. The van der Waals surface area contributed by atoms with Crippen LogP contribution < -0.4 is 15.9 Å². The minimum absolute atomic E-state index is 0.519. The molecule has 0 nitrogen and oxygen atoms in total. The van der Waals surface area contributed by atoms with Crippen LogP contribution in [0.1, 0.15) is 50.7 Å². The molecule has 0 saturated heterocycles. The molecule has 0 aliphatic heterocycles. The quantitative estimate of drug-likeness (QED) is 0.521. The van der Waals surface area contributed by atoms with E-state index in [1.807, 2.05) is 0 Å². The van der Waals surface area contributed by atoms with Gasteiger partial charge in [-0.2, -0.15) is 0 Å². The molecule has 1 heteroatoms. The maximum absolute atomic E-state index is 2.35. The molecule has 0 saturated carbocycles. The molecule has 3 aromatic rings. The third-order valence-electron chi connectivity index (χ3n) is 4.59. The Kier molecular flexibility index (Phi) is 5.71. The van der Waals surface area contributed by atoms with Crippen LogP contribution in [0.25, 0.3) is 0 Å². The van der Waals surface area contributed by atoms with Gasteiger partial charge < -0.3 is 0 Å². The summed E-state index contributed by atoms with van der Waals surface area (Å²) in [4.78, 5) is 0. The maximum Gasteiger partial charge on any atom is -0.0114 e. The van der Waals surface area contributed by atoms with Gasteiger partial charge in [-0.15, -0.1) is 0 Å². The van der Waals surface area contributed by atoms with Crippen LogP contribution in [0.3, 0.4) is 0 Å². The van der Waals surface area contributed by atoms with Crippen molar-refractivity contribution in [3.05, 3.63) is 90.0 Å². The zero-order valence-corrected chi connectivity index (χ0v) is 16.5. The topological polar surface area (TPSA) is 0 Å². The van der Waals surface area contributed by atoms with Crippen LogP contribution in [0.4, 0.5) is 0 Å². The minimum Gasteiger partial charge on any atom is -0.0622 e. The van der Waals surface area contributed by atoms with Gasteiger partial charge in [-0.05, 0) is 46.8 Å². The Balaban J connectivity index is 2.26. The van der Waals surface area contributed by atoms with E-state index in [2.05, 4.69) is 107 Å². The molecule has 0 aromatic heterocycles. The predicted octanol–water partition coefficient (Wildman–Crippen LogP) is 5.69. The van der Waals surface area contributed by atoms with E-state index in [0.717, 1.165) is 0 Å². The lowest BCUT2D eigenvalue weighted by atomic mass is 9.91. The van der Waals surface area contributed by atoms with E-state index >= 15 is 0 Å². The first kappa shape index (κ1) is 17.9. The molecule has 0 spiro atoms. The SMILES string of the molecule is CC(C)c1cccc(P(c2ccccc2)c2ccccc2)c1C(C)C. The second-order valence-electron chi connectivity index (χ2n) is 7.10. The average Bonchev–Trinajstić information content (AvgIpc) is 2.63. The van der Waals surface area contributed by atoms with Crippen LogP contribution in [0.2, 0.25) is 0 Å². The van der Waals surface area contributed by atoms with Crippen LogP contribution in [-0.4, -0.2) is 0 Å². The Labute approximate surface area is 153 Å². The van der Waals surface area contributed by atoms with Crippen molar-refractivity contribution in [3.63, 3.8) is 0 Å². The third-order valence-corrected chi connectivity index (χ3v) is 7.09. The Bertz CT molecular complexity index is 765. The van der Waals surface area contributed by atoms with Gasteiger partial charge in [0.1, 0.15) is 0 Å². The number of hydrogen-bond acceptors (Lipinski definition) is 0. The van der Waals surface area contributed by atoms with Crippen LogP contribution in [0, 0.1) is 0 Å². The summed E-state index contributed by atoms with van der Waals surface area (Å²) in [5.41, 5.74) is 3.03. The molecule has 0 aliphatic carbocycles. The third kappa shape index (κ3) is 3.86. The van der Waals surface area contributed by atoms with Gasteiger partial charge in [-0.3, -0.25) is 0 Å². The van der Waals surface area contributed by atoms with Crippen molar-refractivity contribution in [1.82, 2.24) is 0 Å². The zero-order chi connectivity index (χ0) is 17.8. The lowest BCUT2D eigenvalue weighted by molar-refractivity contribution is 0.795. The molecule has 128 valence electrons. The first-order valence-electron chi connectivity index (χ1n) is 9.12. The Morgan fingerprint density at radius 3 is 1.52 bits per heavy atom. The average molecular weight is 346 g/mol. The highest BCUT2D eigenvalue weighted by molar-refractivity contribution is 7.79. The van der Waals surface area contributed by atoms with E-state index < -0.39 is 7.92 Å². The summed E-state index contributed by atoms with van der Waals surface area (Å²) in [6.45, 7) is 9.26.